The van der Waals surface area contributed by atoms with E-state index in [2.05, 4.69) is 22.5 Å². The fourth-order valence-electron chi connectivity index (χ4n) is 6.58. The Morgan fingerprint density at radius 2 is 1.92 bits per heavy atom. The van der Waals surface area contributed by atoms with Gasteiger partial charge in [-0.3, -0.25) is 4.99 Å². The number of ether oxygens (including phenoxy) is 2. The van der Waals surface area contributed by atoms with E-state index in [0.717, 1.165) is 25.6 Å². The molecule has 4 saturated carbocycles. The van der Waals surface area contributed by atoms with Crippen LogP contribution in [-0.4, -0.2) is 50.5 Å². The summed E-state index contributed by atoms with van der Waals surface area (Å²) in [6.07, 6.45) is 11.3. The molecular weight excluding hydrogens is 314 g/mol. The molecule has 2 spiro atoms. The van der Waals surface area contributed by atoms with Crippen LogP contribution in [0.15, 0.2) is 4.99 Å². The number of hydrogen-bond donors (Lipinski definition) is 2. The molecule has 5 rings (SSSR count). The molecule has 5 heteroatoms. The average molecular weight is 348 g/mol. The molecule has 1 saturated heterocycles. The Morgan fingerprint density at radius 1 is 1.16 bits per heavy atom. The number of guanidine groups is 1. The number of hydrogen-bond acceptors (Lipinski definition) is 3. The summed E-state index contributed by atoms with van der Waals surface area (Å²) >= 11 is 0. The zero-order chi connectivity index (χ0) is 17.1. The minimum Gasteiger partial charge on any atom is -0.378 e. The summed E-state index contributed by atoms with van der Waals surface area (Å²) in [6, 6.07) is 1.08. The summed E-state index contributed by atoms with van der Waals surface area (Å²) in [5.74, 6) is 1.70. The largest absolute Gasteiger partial charge is 0.378 e. The van der Waals surface area contributed by atoms with Gasteiger partial charge in [0.15, 0.2) is 5.96 Å². The summed E-state index contributed by atoms with van der Waals surface area (Å²) in [6.45, 7) is 3.89. The monoisotopic (exact) mass is 347 g/mol. The van der Waals surface area contributed by atoms with Gasteiger partial charge in [0.25, 0.3) is 0 Å². The topological polar surface area (TPSA) is 54.9 Å². The molecular formula is C20H33N3O2. The first-order valence-electron chi connectivity index (χ1n) is 10.5. The maximum Gasteiger partial charge on any atom is 0.191 e. The molecule has 5 aliphatic rings. The van der Waals surface area contributed by atoms with Crippen LogP contribution in [0.5, 0.6) is 0 Å². The molecule has 4 aliphatic carbocycles. The van der Waals surface area contributed by atoms with Gasteiger partial charge >= 0.3 is 0 Å². The number of fused-ring (bicyclic) bond motifs is 2. The molecule has 2 N–H and O–H groups in total. The van der Waals surface area contributed by atoms with Gasteiger partial charge in [0.2, 0.25) is 0 Å². The molecule has 1 aliphatic heterocycles. The van der Waals surface area contributed by atoms with Gasteiger partial charge in [-0.15, -0.1) is 0 Å². The van der Waals surface area contributed by atoms with Crippen LogP contribution in [0.2, 0.25) is 0 Å². The summed E-state index contributed by atoms with van der Waals surface area (Å²) < 4.78 is 12.0. The summed E-state index contributed by atoms with van der Waals surface area (Å²) in [7, 11) is 1.91. The fraction of sp³-hybridized carbons (Fsp3) is 0.950. The van der Waals surface area contributed by atoms with Crippen molar-refractivity contribution in [3.63, 3.8) is 0 Å². The lowest BCUT2D eigenvalue weighted by molar-refractivity contribution is -0.174. The van der Waals surface area contributed by atoms with Crippen molar-refractivity contribution in [2.45, 2.75) is 82.6 Å². The molecule has 0 aromatic carbocycles. The molecule has 0 amide bonds. The zero-order valence-corrected chi connectivity index (χ0v) is 15.7. The maximum absolute atomic E-state index is 6.05. The van der Waals surface area contributed by atoms with Crippen LogP contribution < -0.4 is 10.6 Å². The Kier molecular flexibility index (Phi) is 3.83. The Labute approximate surface area is 151 Å². The van der Waals surface area contributed by atoms with Crippen molar-refractivity contribution >= 4 is 5.96 Å². The normalized spacial score (nSPS) is 42.8. The van der Waals surface area contributed by atoms with Gasteiger partial charge in [0.1, 0.15) is 0 Å². The highest BCUT2D eigenvalue weighted by atomic mass is 16.5. The molecule has 0 bridgehead atoms. The lowest BCUT2D eigenvalue weighted by atomic mass is 9.46. The number of aliphatic imine (C=N–C) groups is 1. The molecule has 0 aromatic heterocycles. The first kappa shape index (κ1) is 16.4. The smallest absolute Gasteiger partial charge is 0.191 e. The number of nitrogens with zero attached hydrogens (tertiary/aromatic N) is 1. The van der Waals surface area contributed by atoms with Crippen LogP contribution in [0, 0.1) is 16.7 Å². The van der Waals surface area contributed by atoms with Gasteiger partial charge in [0, 0.05) is 49.1 Å². The molecule has 25 heavy (non-hydrogen) atoms. The molecule has 5 atom stereocenters. The molecule has 5 nitrogen and oxygen atoms in total. The number of nitrogens with one attached hydrogen (secondary N) is 2. The third-order valence-electron chi connectivity index (χ3n) is 8.30. The Bertz CT molecular complexity index is 555. The van der Waals surface area contributed by atoms with Gasteiger partial charge in [0.05, 0.1) is 12.2 Å². The fourth-order valence-corrected chi connectivity index (χ4v) is 6.58. The van der Waals surface area contributed by atoms with Gasteiger partial charge in [-0.05, 0) is 45.4 Å². The molecule has 5 fully saturated rings. The minimum absolute atomic E-state index is 0.375. The van der Waals surface area contributed by atoms with Gasteiger partial charge in [-0.2, -0.15) is 0 Å². The van der Waals surface area contributed by atoms with E-state index < -0.39 is 0 Å². The van der Waals surface area contributed by atoms with Crippen LogP contribution in [0.3, 0.4) is 0 Å². The molecule has 5 unspecified atom stereocenters. The highest BCUT2D eigenvalue weighted by Gasteiger charge is 2.67. The third kappa shape index (κ3) is 2.11. The van der Waals surface area contributed by atoms with Crippen molar-refractivity contribution in [1.82, 2.24) is 10.6 Å². The highest BCUT2D eigenvalue weighted by molar-refractivity contribution is 5.81. The van der Waals surface area contributed by atoms with Crippen LogP contribution >= 0.6 is 0 Å². The summed E-state index contributed by atoms with van der Waals surface area (Å²) in [4.78, 5) is 4.58. The quantitative estimate of drug-likeness (QED) is 0.606. The second-order valence-electron chi connectivity index (χ2n) is 8.99. The lowest BCUT2D eigenvalue weighted by Crippen LogP contribution is -2.74. The van der Waals surface area contributed by atoms with E-state index in [4.69, 9.17) is 9.47 Å². The minimum atomic E-state index is 0.375. The summed E-state index contributed by atoms with van der Waals surface area (Å²) in [5, 5.41) is 7.58. The van der Waals surface area contributed by atoms with E-state index in [-0.39, 0.29) is 0 Å². The SMILES string of the molecule is CCOC1CC(NC(=NC)NC2C3CCOC3C23CCC3)C12CCC2. The zero-order valence-electron chi connectivity index (χ0n) is 15.7. The van der Waals surface area contributed by atoms with Crippen LogP contribution in [0.1, 0.15) is 58.3 Å². The summed E-state index contributed by atoms with van der Waals surface area (Å²) in [5.41, 5.74) is 0.779. The van der Waals surface area contributed by atoms with Crippen LogP contribution in [0.4, 0.5) is 0 Å². The molecule has 1 heterocycles. The van der Waals surface area contributed by atoms with Crippen molar-refractivity contribution in [1.29, 1.82) is 0 Å². The maximum atomic E-state index is 6.05. The Balaban J connectivity index is 1.24. The Hall–Kier alpha value is -0.810. The van der Waals surface area contributed by atoms with E-state index in [0.29, 0.717) is 41.0 Å². The predicted molar refractivity (Wildman–Crippen MR) is 97.7 cm³/mol. The van der Waals surface area contributed by atoms with Crippen molar-refractivity contribution in [3.05, 3.63) is 0 Å². The first-order chi connectivity index (χ1) is 12.2. The van der Waals surface area contributed by atoms with Crippen LogP contribution in [-0.2, 0) is 9.47 Å². The second-order valence-corrected chi connectivity index (χ2v) is 8.99. The average Bonchev–Trinajstić information content (AvgIpc) is 2.91. The van der Waals surface area contributed by atoms with Crippen molar-refractivity contribution in [2.24, 2.45) is 21.7 Å². The van der Waals surface area contributed by atoms with Gasteiger partial charge < -0.3 is 20.1 Å². The van der Waals surface area contributed by atoms with Crippen molar-refractivity contribution in [3.8, 4) is 0 Å². The van der Waals surface area contributed by atoms with E-state index in [1.54, 1.807) is 0 Å². The Morgan fingerprint density at radius 3 is 2.52 bits per heavy atom. The third-order valence-corrected chi connectivity index (χ3v) is 8.30. The second kappa shape index (κ2) is 5.85. The highest BCUT2D eigenvalue weighted by Crippen LogP contribution is 2.63. The van der Waals surface area contributed by atoms with E-state index in [9.17, 15) is 0 Å². The van der Waals surface area contributed by atoms with Gasteiger partial charge in [-0.1, -0.05) is 12.8 Å². The molecule has 140 valence electrons. The lowest BCUT2D eigenvalue weighted by Gasteiger charge is -2.64. The van der Waals surface area contributed by atoms with E-state index >= 15 is 0 Å². The molecule has 0 aromatic rings. The van der Waals surface area contributed by atoms with Crippen molar-refractivity contribution < 1.29 is 9.47 Å². The van der Waals surface area contributed by atoms with Gasteiger partial charge in [-0.25, -0.2) is 0 Å². The van der Waals surface area contributed by atoms with E-state index in [1.807, 2.05) is 7.05 Å². The standard InChI is InChI=1S/C20H33N3O2/c1-3-24-15-12-14(19(15)7-4-8-19)22-18(21-2)23-16-13-6-11-25-17(13)20(16)9-5-10-20/h13-17H,3-12H2,1-2H3,(H2,21,22,23). The first-order valence-corrected chi connectivity index (χ1v) is 10.5. The molecule has 0 radical (unpaired) electrons. The van der Waals surface area contributed by atoms with E-state index in [1.165, 1.54) is 44.9 Å². The van der Waals surface area contributed by atoms with Crippen LogP contribution in [0.25, 0.3) is 0 Å². The predicted octanol–water partition coefficient (Wildman–Crippen LogP) is 2.46. The van der Waals surface area contributed by atoms with Crippen molar-refractivity contribution in [2.75, 3.05) is 20.3 Å². The number of rotatable bonds is 4.